The summed E-state index contributed by atoms with van der Waals surface area (Å²) in [6.45, 7) is 0.0327. The van der Waals surface area contributed by atoms with E-state index in [1.54, 1.807) is 30.3 Å². The molecule has 0 spiro atoms. The summed E-state index contributed by atoms with van der Waals surface area (Å²) in [5.74, 6) is 1.51. The van der Waals surface area contributed by atoms with Crippen molar-refractivity contribution in [1.29, 1.82) is 0 Å². The molecule has 35 heavy (non-hydrogen) atoms. The first kappa shape index (κ1) is 24.0. The number of hydrogen-bond acceptors (Lipinski definition) is 6. The van der Waals surface area contributed by atoms with Crippen molar-refractivity contribution in [2.75, 3.05) is 21.3 Å². The molecule has 0 bridgehead atoms. The zero-order valence-electron chi connectivity index (χ0n) is 19.1. The fraction of sp³-hybridized carbons (Fsp3) is 0.192. The highest BCUT2D eigenvalue weighted by Crippen LogP contribution is 2.35. The minimum absolute atomic E-state index is 0.0327. The first-order valence-corrected chi connectivity index (χ1v) is 10.4. The maximum atomic E-state index is 13.3. The van der Waals surface area contributed by atoms with Crippen LogP contribution in [0.3, 0.4) is 0 Å². The Morgan fingerprint density at radius 1 is 0.829 bits per heavy atom. The Bertz CT molecular complexity index is 1410. The van der Waals surface area contributed by atoms with Crippen LogP contribution in [0.25, 0.3) is 22.1 Å². The van der Waals surface area contributed by atoms with Gasteiger partial charge in [0.25, 0.3) is 0 Å². The predicted molar refractivity (Wildman–Crippen MR) is 123 cm³/mol. The minimum atomic E-state index is -4.40. The molecule has 0 amide bonds. The molecule has 0 aliphatic heterocycles. The van der Waals surface area contributed by atoms with Crippen molar-refractivity contribution in [2.24, 2.45) is 0 Å². The molecule has 1 aromatic heterocycles. The molecule has 9 heteroatoms. The average molecular weight is 486 g/mol. The van der Waals surface area contributed by atoms with Crippen LogP contribution < -0.4 is 24.4 Å². The van der Waals surface area contributed by atoms with Crippen molar-refractivity contribution < 1.29 is 36.5 Å². The molecule has 1 heterocycles. The lowest BCUT2D eigenvalue weighted by Crippen LogP contribution is -2.07. The van der Waals surface area contributed by atoms with Gasteiger partial charge in [-0.05, 0) is 35.4 Å². The Labute approximate surface area is 198 Å². The summed E-state index contributed by atoms with van der Waals surface area (Å²) in [5, 5.41) is 0.271. The van der Waals surface area contributed by atoms with Crippen LogP contribution in [-0.2, 0) is 12.8 Å². The summed E-state index contributed by atoms with van der Waals surface area (Å²) in [6.07, 6.45) is -3.05. The second-order valence-electron chi connectivity index (χ2n) is 7.53. The van der Waals surface area contributed by atoms with E-state index < -0.39 is 11.7 Å². The van der Waals surface area contributed by atoms with E-state index >= 15 is 0 Å². The molecular weight excluding hydrogens is 465 g/mol. The molecule has 182 valence electrons. The molecule has 0 atom stereocenters. The zero-order valence-corrected chi connectivity index (χ0v) is 19.1. The van der Waals surface area contributed by atoms with Gasteiger partial charge < -0.3 is 23.4 Å². The van der Waals surface area contributed by atoms with Crippen molar-refractivity contribution in [1.82, 2.24) is 0 Å². The van der Waals surface area contributed by atoms with Gasteiger partial charge in [0, 0.05) is 12.1 Å². The third-order valence-corrected chi connectivity index (χ3v) is 5.42. The number of ether oxygens (including phenoxy) is 4. The van der Waals surface area contributed by atoms with Crippen molar-refractivity contribution in [3.8, 4) is 34.1 Å². The van der Waals surface area contributed by atoms with E-state index in [4.69, 9.17) is 23.4 Å². The number of halogens is 3. The van der Waals surface area contributed by atoms with Crippen LogP contribution in [0.2, 0.25) is 0 Å². The normalized spacial score (nSPS) is 11.4. The van der Waals surface area contributed by atoms with Crippen LogP contribution >= 0.6 is 0 Å². The van der Waals surface area contributed by atoms with Crippen molar-refractivity contribution >= 4 is 11.0 Å². The monoisotopic (exact) mass is 486 g/mol. The number of fused-ring (bicyclic) bond motifs is 1. The smallest absolute Gasteiger partial charge is 0.416 e. The average Bonchev–Trinajstić information content (AvgIpc) is 2.86. The Morgan fingerprint density at radius 3 is 2.17 bits per heavy atom. The number of benzene rings is 3. The van der Waals surface area contributed by atoms with Gasteiger partial charge in [-0.1, -0.05) is 18.2 Å². The number of methoxy groups -OCH3 is 3. The number of alkyl halides is 3. The molecule has 0 saturated heterocycles. The van der Waals surface area contributed by atoms with Gasteiger partial charge in [0.2, 0.25) is 5.43 Å². The quantitative estimate of drug-likeness (QED) is 0.315. The molecule has 0 unspecified atom stereocenters. The lowest BCUT2D eigenvalue weighted by Gasteiger charge is -2.13. The first-order chi connectivity index (χ1) is 16.7. The van der Waals surface area contributed by atoms with Gasteiger partial charge in [-0.25, -0.2) is 0 Å². The molecule has 4 aromatic rings. The zero-order chi connectivity index (χ0) is 25.2. The van der Waals surface area contributed by atoms with Gasteiger partial charge in [-0.15, -0.1) is 0 Å². The Kier molecular flexibility index (Phi) is 6.59. The second kappa shape index (κ2) is 9.61. The van der Waals surface area contributed by atoms with Crippen LogP contribution in [0.15, 0.2) is 70.1 Å². The molecule has 6 nitrogen and oxygen atoms in total. The predicted octanol–water partition coefficient (Wildman–Crippen LogP) is 6.08. The Balaban J connectivity index is 1.63. The summed E-state index contributed by atoms with van der Waals surface area (Å²) in [6, 6.07) is 12.8. The molecular formula is C26H21F3O6. The van der Waals surface area contributed by atoms with Gasteiger partial charge >= 0.3 is 6.18 Å². The van der Waals surface area contributed by atoms with Crippen LogP contribution in [-0.4, -0.2) is 21.3 Å². The first-order valence-electron chi connectivity index (χ1n) is 10.4. The standard InChI is InChI=1S/C26H21F3O6/c1-31-18-11-22(33-3)24-23(12-18)35-14-19(25(24)30)16-6-9-20(21(10-16)32-2)34-13-15-4-7-17(8-5-15)26(27,28)29/h4-12,14H,13H2,1-3H3. The maximum absolute atomic E-state index is 13.3. The molecule has 4 rings (SSSR count). The van der Waals surface area contributed by atoms with E-state index in [1.807, 2.05) is 0 Å². The van der Waals surface area contributed by atoms with E-state index in [1.165, 1.54) is 39.7 Å². The van der Waals surface area contributed by atoms with Gasteiger partial charge in [0.15, 0.2) is 11.5 Å². The van der Waals surface area contributed by atoms with Crippen molar-refractivity contribution in [3.05, 3.63) is 82.2 Å². The molecule has 3 aromatic carbocycles. The fourth-order valence-corrected chi connectivity index (χ4v) is 3.58. The topological polar surface area (TPSA) is 67.1 Å². The summed E-state index contributed by atoms with van der Waals surface area (Å²) in [7, 11) is 4.40. The lowest BCUT2D eigenvalue weighted by molar-refractivity contribution is -0.137. The molecule has 0 N–H and O–H groups in total. The third kappa shape index (κ3) is 4.89. The van der Waals surface area contributed by atoms with Crippen molar-refractivity contribution in [2.45, 2.75) is 12.8 Å². The summed E-state index contributed by atoms with van der Waals surface area (Å²) < 4.78 is 65.7. The molecule has 0 fully saturated rings. The largest absolute Gasteiger partial charge is 0.496 e. The van der Waals surface area contributed by atoms with E-state index in [-0.39, 0.29) is 23.0 Å². The van der Waals surface area contributed by atoms with Gasteiger partial charge in [-0.2, -0.15) is 13.2 Å². The Hall–Kier alpha value is -4.14. The highest BCUT2D eigenvalue weighted by Gasteiger charge is 2.30. The molecule has 0 radical (unpaired) electrons. The van der Waals surface area contributed by atoms with E-state index in [0.29, 0.717) is 39.7 Å². The molecule has 0 aliphatic rings. The van der Waals surface area contributed by atoms with Gasteiger partial charge in [-0.3, -0.25) is 4.79 Å². The molecule has 0 saturated carbocycles. The summed E-state index contributed by atoms with van der Waals surface area (Å²) >= 11 is 0. The third-order valence-electron chi connectivity index (χ3n) is 5.42. The number of hydrogen-bond donors (Lipinski definition) is 0. The molecule has 0 aliphatic carbocycles. The van der Waals surface area contributed by atoms with Crippen LogP contribution in [0.4, 0.5) is 13.2 Å². The highest BCUT2D eigenvalue weighted by atomic mass is 19.4. The van der Waals surface area contributed by atoms with E-state index in [2.05, 4.69) is 0 Å². The van der Waals surface area contributed by atoms with Crippen LogP contribution in [0, 0.1) is 0 Å². The highest BCUT2D eigenvalue weighted by molar-refractivity contribution is 5.88. The van der Waals surface area contributed by atoms with Crippen LogP contribution in [0.1, 0.15) is 11.1 Å². The van der Waals surface area contributed by atoms with E-state index in [9.17, 15) is 18.0 Å². The lowest BCUT2D eigenvalue weighted by atomic mass is 10.0. The van der Waals surface area contributed by atoms with Crippen molar-refractivity contribution in [3.63, 3.8) is 0 Å². The number of rotatable bonds is 7. The van der Waals surface area contributed by atoms with Gasteiger partial charge in [0.05, 0.1) is 32.5 Å². The van der Waals surface area contributed by atoms with Crippen LogP contribution in [0.5, 0.6) is 23.0 Å². The summed E-state index contributed by atoms with van der Waals surface area (Å²) in [5.41, 5.74) is 0.657. The van der Waals surface area contributed by atoms with E-state index in [0.717, 1.165) is 12.1 Å². The minimum Gasteiger partial charge on any atom is -0.496 e. The second-order valence-corrected chi connectivity index (χ2v) is 7.53. The van der Waals surface area contributed by atoms with Gasteiger partial charge in [0.1, 0.15) is 35.3 Å². The summed E-state index contributed by atoms with van der Waals surface area (Å²) in [4.78, 5) is 13.3. The Morgan fingerprint density at radius 2 is 1.54 bits per heavy atom. The fourth-order valence-electron chi connectivity index (χ4n) is 3.58. The maximum Gasteiger partial charge on any atom is 0.416 e. The SMILES string of the molecule is COc1cc(OC)c2c(=O)c(-c3ccc(OCc4ccc(C(F)(F)F)cc4)c(OC)c3)coc2c1.